The van der Waals surface area contributed by atoms with Crippen LogP contribution < -0.4 is 5.32 Å². The number of benzene rings is 1. The van der Waals surface area contributed by atoms with Crippen LogP contribution in [-0.4, -0.2) is 52.0 Å². The highest BCUT2D eigenvalue weighted by molar-refractivity contribution is 7.98. The van der Waals surface area contributed by atoms with Crippen LogP contribution in [0.25, 0.3) is 0 Å². The van der Waals surface area contributed by atoms with Gasteiger partial charge in [-0.15, -0.1) is 22.0 Å². The summed E-state index contributed by atoms with van der Waals surface area (Å²) in [5, 5.41) is 11.6. The van der Waals surface area contributed by atoms with Gasteiger partial charge in [0.25, 0.3) is 0 Å². The van der Waals surface area contributed by atoms with E-state index in [2.05, 4.69) is 76.4 Å². The second-order valence-corrected chi connectivity index (χ2v) is 7.01. The lowest BCUT2D eigenvalue weighted by atomic mass is 10.2. The van der Waals surface area contributed by atoms with Crippen LogP contribution in [0.4, 0.5) is 0 Å². The first-order valence-corrected chi connectivity index (χ1v) is 10.4. The van der Waals surface area contributed by atoms with E-state index in [-0.39, 0.29) is 0 Å². The van der Waals surface area contributed by atoms with E-state index >= 15 is 0 Å². The summed E-state index contributed by atoms with van der Waals surface area (Å²) in [4.78, 5) is 8.18. The van der Waals surface area contributed by atoms with Gasteiger partial charge >= 0.3 is 0 Å². The third-order valence-electron chi connectivity index (χ3n) is 4.07. The summed E-state index contributed by atoms with van der Waals surface area (Å²) in [6, 6.07) is 8.71. The van der Waals surface area contributed by atoms with Gasteiger partial charge in [-0.2, -0.15) is 0 Å². The number of nitrogens with zero attached hydrogens (tertiary/aromatic N) is 5. The normalized spacial score (nSPS) is 11.6. The minimum Gasteiger partial charge on any atom is -0.354 e. The molecule has 0 aliphatic rings. The van der Waals surface area contributed by atoms with Crippen LogP contribution in [-0.2, 0) is 19.5 Å². The Kier molecular flexibility index (Phi) is 8.47. The van der Waals surface area contributed by atoms with Crippen molar-refractivity contribution in [2.45, 2.75) is 44.7 Å². The van der Waals surface area contributed by atoms with Crippen LogP contribution in [0.15, 0.2) is 40.5 Å². The molecule has 0 saturated heterocycles. The number of aromatic nitrogens is 3. The predicted molar refractivity (Wildman–Crippen MR) is 110 cm³/mol. The van der Waals surface area contributed by atoms with Gasteiger partial charge in [0, 0.05) is 44.5 Å². The molecule has 0 aliphatic carbocycles. The molecule has 6 nitrogen and oxygen atoms in total. The van der Waals surface area contributed by atoms with Gasteiger partial charge in [0.15, 0.2) is 5.96 Å². The van der Waals surface area contributed by atoms with Gasteiger partial charge in [0.2, 0.25) is 0 Å². The van der Waals surface area contributed by atoms with E-state index in [1.54, 1.807) is 18.1 Å². The first kappa shape index (κ1) is 20.3. The Labute approximate surface area is 161 Å². The molecule has 2 rings (SSSR count). The highest BCUT2D eigenvalue weighted by atomic mass is 32.2. The number of aryl methyl sites for hydroxylation is 1. The van der Waals surface area contributed by atoms with Crippen LogP contribution in [0, 0.1) is 0 Å². The molecule has 0 bridgehead atoms. The molecular weight excluding hydrogens is 344 g/mol. The lowest BCUT2D eigenvalue weighted by molar-refractivity contribution is 0.470. The molecule has 26 heavy (non-hydrogen) atoms. The summed E-state index contributed by atoms with van der Waals surface area (Å²) in [5.41, 5.74) is 1.28. The molecule has 1 aromatic heterocycles. The molecule has 0 radical (unpaired) electrons. The smallest absolute Gasteiger partial charge is 0.194 e. The van der Waals surface area contributed by atoms with Crippen LogP contribution in [0.2, 0.25) is 0 Å². The fraction of sp³-hybridized carbons (Fsp3) is 0.526. The average Bonchev–Trinajstić information content (AvgIpc) is 3.12. The number of guanidine groups is 1. The number of thioether (sulfide) groups is 1. The van der Waals surface area contributed by atoms with E-state index in [4.69, 9.17) is 4.99 Å². The molecule has 0 fully saturated rings. The summed E-state index contributed by atoms with van der Waals surface area (Å²) < 4.78 is 2.09. The Balaban J connectivity index is 1.94. The Bertz CT molecular complexity index is 680. The summed E-state index contributed by atoms with van der Waals surface area (Å²) in [5.74, 6) is 1.95. The lowest BCUT2D eigenvalue weighted by Gasteiger charge is -2.23. The van der Waals surface area contributed by atoms with Gasteiger partial charge in [0.1, 0.15) is 12.2 Å². The largest absolute Gasteiger partial charge is 0.354 e. The van der Waals surface area contributed by atoms with Crippen LogP contribution in [0.3, 0.4) is 0 Å². The standard InChI is InChI=1S/C19H30N6S/c1-5-11-20-19(21-12-13-25-15-22-23-18(25)6-2)24(3)14-16-7-9-17(26-4)10-8-16/h7-10,15H,5-6,11-14H2,1-4H3,(H,20,21). The molecule has 0 atom stereocenters. The maximum absolute atomic E-state index is 4.72. The number of hydrogen-bond acceptors (Lipinski definition) is 4. The van der Waals surface area contributed by atoms with Gasteiger partial charge < -0.3 is 14.8 Å². The van der Waals surface area contributed by atoms with Gasteiger partial charge in [0.05, 0.1) is 0 Å². The summed E-state index contributed by atoms with van der Waals surface area (Å²) >= 11 is 1.76. The molecule has 0 aliphatic heterocycles. The van der Waals surface area contributed by atoms with E-state index in [0.29, 0.717) is 0 Å². The highest BCUT2D eigenvalue weighted by Gasteiger charge is 2.08. The fourth-order valence-corrected chi connectivity index (χ4v) is 3.04. The third-order valence-corrected chi connectivity index (χ3v) is 4.82. The second-order valence-electron chi connectivity index (χ2n) is 6.13. The maximum Gasteiger partial charge on any atom is 0.194 e. The Morgan fingerprint density at radius 2 is 2.04 bits per heavy atom. The van der Waals surface area contributed by atoms with Gasteiger partial charge in [-0.1, -0.05) is 26.0 Å². The predicted octanol–water partition coefficient (Wildman–Crippen LogP) is 3.05. The minimum absolute atomic E-state index is 0.795. The van der Waals surface area contributed by atoms with Crippen molar-refractivity contribution in [1.29, 1.82) is 0 Å². The van der Waals surface area contributed by atoms with Gasteiger partial charge in [-0.05, 0) is 30.4 Å². The fourth-order valence-electron chi connectivity index (χ4n) is 2.64. The molecule has 0 amide bonds. The third kappa shape index (κ3) is 6.05. The van der Waals surface area contributed by atoms with Crippen molar-refractivity contribution in [3.05, 3.63) is 42.0 Å². The molecule has 0 saturated carbocycles. The van der Waals surface area contributed by atoms with Gasteiger partial charge in [-0.3, -0.25) is 4.99 Å². The zero-order chi connectivity index (χ0) is 18.8. The Hall–Kier alpha value is -2.02. The molecule has 0 spiro atoms. The summed E-state index contributed by atoms with van der Waals surface area (Å²) in [7, 11) is 2.08. The summed E-state index contributed by atoms with van der Waals surface area (Å²) in [6.45, 7) is 7.52. The number of rotatable bonds is 9. The van der Waals surface area contributed by atoms with Crippen LogP contribution >= 0.6 is 11.8 Å². The molecule has 142 valence electrons. The number of hydrogen-bond donors (Lipinski definition) is 1. The topological polar surface area (TPSA) is 58.3 Å². The van der Waals surface area contributed by atoms with Crippen LogP contribution in [0.1, 0.15) is 31.7 Å². The van der Waals surface area contributed by atoms with Crippen molar-refractivity contribution >= 4 is 17.7 Å². The molecule has 1 heterocycles. The molecular formula is C19H30N6S. The van der Waals surface area contributed by atoms with E-state index < -0.39 is 0 Å². The van der Waals surface area contributed by atoms with Gasteiger partial charge in [-0.25, -0.2) is 0 Å². The zero-order valence-corrected chi connectivity index (χ0v) is 17.1. The maximum atomic E-state index is 4.72. The Morgan fingerprint density at radius 1 is 1.27 bits per heavy atom. The molecule has 7 heteroatoms. The summed E-state index contributed by atoms with van der Waals surface area (Å²) in [6.07, 6.45) is 5.82. The lowest BCUT2D eigenvalue weighted by Crippen LogP contribution is -2.40. The van der Waals surface area contributed by atoms with Crippen LogP contribution in [0.5, 0.6) is 0 Å². The van der Waals surface area contributed by atoms with E-state index in [1.165, 1.54) is 10.5 Å². The molecule has 1 aromatic carbocycles. The van der Waals surface area contributed by atoms with Crippen molar-refractivity contribution in [2.75, 3.05) is 26.4 Å². The van der Waals surface area contributed by atoms with E-state index in [1.807, 2.05) is 0 Å². The van der Waals surface area contributed by atoms with E-state index in [0.717, 1.165) is 50.8 Å². The average molecular weight is 375 g/mol. The molecule has 0 unspecified atom stereocenters. The first-order valence-electron chi connectivity index (χ1n) is 9.17. The quantitative estimate of drug-likeness (QED) is 0.415. The SMILES string of the molecule is CCCN=C(NCCn1cnnc1CC)N(C)Cc1ccc(SC)cc1. The highest BCUT2D eigenvalue weighted by Crippen LogP contribution is 2.15. The van der Waals surface area contributed by atoms with Crippen molar-refractivity contribution < 1.29 is 0 Å². The monoisotopic (exact) mass is 374 g/mol. The molecule has 1 N–H and O–H groups in total. The molecule has 2 aromatic rings. The van der Waals surface area contributed by atoms with Crippen molar-refractivity contribution in [2.24, 2.45) is 4.99 Å². The van der Waals surface area contributed by atoms with E-state index in [9.17, 15) is 0 Å². The first-order chi connectivity index (χ1) is 12.7. The second kappa shape index (κ2) is 10.9. The number of aliphatic imine (C=N–C) groups is 1. The van der Waals surface area contributed by atoms with Crippen molar-refractivity contribution in [1.82, 2.24) is 25.0 Å². The Morgan fingerprint density at radius 3 is 2.69 bits per heavy atom. The zero-order valence-electron chi connectivity index (χ0n) is 16.3. The number of nitrogens with one attached hydrogen (secondary N) is 1. The van der Waals surface area contributed by atoms with Crippen molar-refractivity contribution in [3.8, 4) is 0 Å². The minimum atomic E-state index is 0.795. The van der Waals surface area contributed by atoms with Crippen molar-refractivity contribution in [3.63, 3.8) is 0 Å².